The molecule has 0 saturated carbocycles. The highest BCUT2D eigenvalue weighted by Gasteiger charge is 2.48. The second kappa shape index (κ2) is 13.2. The molecule has 190 valence electrons. The number of nitrogens with one attached hydrogen (secondary N) is 1. The van der Waals surface area contributed by atoms with Gasteiger partial charge < -0.3 is 40.1 Å². The number of halogens is 1. The van der Waals surface area contributed by atoms with Crippen LogP contribution in [0.5, 0.6) is 0 Å². The van der Waals surface area contributed by atoms with Crippen molar-refractivity contribution in [3.8, 4) is 0 Å². The molecule has 0 aromatic rings. The van der Waals surface area contributed by atoms with Crippen molar-refractivity contribution in [3.63, 3.8) is 0 Å². The molecular formula is C18H36ClN2O9PS. The summed E-state index contributed by atoms with van der Waals surface area (Å²) < 4.78 is 14.7. The average molecular weight is 523 g/mol. The summed E-state index contributed by atoms with van der Waals surface area (Å²) >= 11 is 7.55. The summed E-state index contributed by atoms with van der Waals surface area (Å²) in [6.07, 6.45) is -0.0980. The SMILES string of the molecule is CCC[C@@H]1C[C@@H](C(=O)N[C@@H](C2O[C@H](SC)[C@H](O)[C@@H](O)[C@H]2O)[C@@H](C)Cl)N(C)C1.O=P(O)(O)O. The quantitative estimate of drug-likeness (QED) is 0.168. The summed E-state index contributed by atoms with van der Waals surface area (Å²) in [6, 6.07) is -0.934. The Kier molecular flexibility index (Phi) is 12.4. The van der Waals surface area contributed by atoms with Crippen LogP contribution in [0.3, 0.4) is 0 Å². The maximum atomic E-state index is 12.9. The number of ether oxygens (including phenoxy) is 1. The average Bonchev–Trinajstić information content (AvgIpc) is 3.04. The van der Waals surface area contributed by atoms with Crippen molar-refractivity contribution in [1.29, 1.82) is 0 Å². The van der Waals surface area contributed by atoms with Gasteiger partial charge >= 0.3 is 7.82 Å². The van der Waals surface area contributed by atoms with Gasteiger partial charge in [0.25, 0.3) is 0 Å². The van der Waals surface area contributed by atoms with Gasteiger partial charge in [-0.3, -0.25) is 9.69 Å². The molecule has 0 radical (unpaired) electrons. The number of carbonyl (C=O) groups is 1. The lowest BCUT2D eigenvalue weighted by molar-refractivity contribution is -0.205. The lowest BCUT2D eigenvalue weighted by Gasteiger charge is -2.44. The number of amides is 1. The Morgan fingerprint density at radius 2 is 1.81 bits per heavy atom. The van der Waals surface area contributed by atoms with Crippen LogP contribution >= 0.6 is 31.2 Å². The molecule has 0 spiro atoms. The molecule has 2 rings (SSSR count). The van der Waals surface area contributed by atoms with Gasteiger partial charge in [0.2, 0.25) is 5.91 Å². The third-order valence-corrected chi connectivity index (χ3v) is 6.76. The number of aliphatic hydroxyl groups excluding tert-OH is 3. The fourth-order valence-corrected chi connectivity index (χ4v) is 5.00. The highest BCUT2D eigenvalue weighted by atomic mass is 35.5. The minimum Gasteiger partial charge on any atom is -0.388 e. The van der Waals surface area contributed by atoms with E-state index in [4.69, 9.17) is 35.6 Å². The Morgan fingerprint density at radius 1 is 1.25 bits per heavy atom. The molecule has 1 amide bonds. The second-order valence-electron chi connectivity index (χ2n) is 8.25. The molecule has 0 aliphatic carbocycles. The Labute approximate surface area is 197 Å². The summed E-state index contributed by atoms with van der Waals surface area (Å²) in [5.74, 6) is 0.350. The Morgan fingerprint density at radius 3 is 2.28 bits per heavy atom. The largest absolute Gasteiger partial charge is 0.466 e. The van der Waals surface area contributed by atoms with E-state index in [0.717, 1.165) is 25.8 Å². The van der Waals surface area contributed by atoms with E-state index in [2.05, 4.69) is 12.2 Å². The van der Waals surface area contributed by atoms with E-state index < -0.39 is 49.1 Å². The van der Waals surface area contributed by atoms with Crippen LogP contribution in [0.4, 0.5) is 0 Å². The van der Waals surface area contributed by atoms with Crippen LogP contribution in [0.1, 0.15) is 33.1 Å². The number of aliphatic hydroxyl groups is 3. The third kappa shape index (κ3) is 8.99. The minimum atomic E-state index is -4.64. The van der Waals surface area contributed by atoms with E-state index >= 15 is 0 Å². The fraction of sp³-hybridized carbons (Fsp3) is 0.944. The Balaban J connectivity index is 0.000000920. The molecule has 11 nitrogen and oxygen atoms in total. The van der Waals surface area contributed by atoms with Gasteiger partial charge in [-0.25, -0.2) is 4.57 Å². The number of phosphoric acid groups is 1. The van der Waals surface area contributed by atoms with Crippen molar-refractivity contribution in [2.75, 3.05) is 19.8 Å². The highest BCUT2D eigenvalue weighted by molar-refractivity contribution is 7.99. The van der Waals surface area contributed by atoms with Crippen molar-refractivity contribution >= 4 is 37.1 Å². The number of hydrogen-bond acceptors (Lipinski definition) is 8. The monoisotopic (exact) mass is 522 g/mol. The number of likely N-dealkylation sites (N-methyl/N-ethyl adjacent to an activating group) is 1. The zero-order valence-corrected chi connectivity index (χ0v) is 21.1. The van der Waals surface area contributed by atoms with Crippen LogP contribution in [-0.4, -0.2) is 108 Å². The van der Waals surface area contributed by atoms with Gasteiger partial charge in [-0.1, -0.05) is 13.3 Å². The number of alkyl halides is 1. The number of hydrogen-bond donors (Lipinski definition) is 7. The van der Waals surface area contributed by atoms with Crippen molar-refractivity contribution in [2.24, 2.45) is 5.92 Å². The van der Waals surface area contributed by atoms with Gasteiger partial charge in [0.15, 0.2) is 0 Å². The van der Waals surface area contributed by atoms with Crippen LogP contribution in [-0.2, 0) is 14.1 Å². The van der Waals surface area contributed by atoms with E-state index in [-0.39, 0.29) is 11.9 Å². The number of nitrogens with zero attached hydrogens (tertiary/aromatic N) is 1. The summed E-state index contributed by atoms with van der Waals surface area (Å²) in [5.41, 5.74) is -0.702. The first-order valence-corrected chi connectivity index (χ1v) is 13.7. The lowest BCUT2D eigenvalue weighted by atomic mass is 9.92. The predicted molar refractivity (Wildman–Crippen MR) is 121 cm³/mol. The molecule has 0 aromatic carbocycles. The minimum absolute atomic E-state index is 0.147. The molecule has 2 aliphatic heterocycles. The molecule has 0 aromatic heterocycles. The zero-order chi connectivity index (χ0) is 24.8. The number of likely N-dealkylation sites (tertiary alicyclic amines) is 1. The highest BCUT2D eigenvalue weighted by Crippen LogP contribution is 2.31. The van der Waals surface area contributed by atoms with E-state index in [1.165, 1.54) is 11.8 Å². The molecule has 2 aliphatic rings. The van der Waals surface area contributed by atoms with E-state index in [9.17, 15) is 20.1 Å². The Hall–Kier alpha value is 0.0200. The molecule has 0 bridgehead atoms. The van der Waals surface area contributed by atoms with Crippen LogP contribution < -0.4 is 5.32 Å². The molecule has 1 unspecified atom stereocenters. The van der Waals surface area contributed by atoms with E-state index in [1.54, 1.807) is 13.2 Å². The molecule has 14 heteroatoms. The zero-order valence-electron chi connectivity index (χ0n) is 18.6. The molecule has 32 heavy (non-hydrogen) atoms. The van der Waals surface area contributed by atoms with Crippen LogP contribution in [0.25, 0.3) is 0 Å². The van der Waals surface area contributed by atoms with Crippen LogP contribution in [0, 0.1) is 5.92 Å². The van der Waals surface area contributed by atoms with Gasteiger partial charge in [0.1, 0.15) is 29.9 Å². The fourth-order valence-electron chi connectivity index (χ4n) is 4.11. The van der Waals surface area contributed by atoms with Crippen molar-refractivity contribution < 1.29 is 44.1 Å². The summed E-state index contributed by atoms with van der Waals surface area (Å²) in [7, 11) is -2.70. The van der Waals surface area contributed by atoms with Crippen molar-refractivity contribution in [1.82, 2.24) is 10.2 Å². The summed E-state index contributed by atoms with van der Waals surface area (Å²) in [5, 5.41) is 33.0. The topological polar surface area (TPSA) is 180 Å². The Bertz CT molecular complexity index is 633. The lowest BCUT2D eigenvalue weighted by Crippen LogP contribution is -2.65. The maximum Gasteiger partial charge on any atom is 0.466 e. The molecule has 9 atom stereocenters. The second-order valence-corrected chi connectivity index (χ2v) is 10.9. The van der Waals surface area contributed by atoms with Gasteiger partial charge in [-0.05, 0) is 39.0 Å². The van der Waals surface area contributed by atoms with E-state index in [0.29, 0.717) is 5.92 Å². The van der Waals surface area contributed by atoms with Gasteiger partial charge in [-0.2, -0.15) is 0 Å². The van der Waals surface area contributed by atoms with Crippen molar-refractivity contribution in [2.45, 2.75) is 80.4 Å². The van der Waals surface area contributed by atoms with E-state index in [1.807, 2.05) is 11.9 Å². The first kappa shape index (κ1) is 30.1. The molecule has 7 N–H and O–H groups in total. The predicted octanol–water partition coefficient (Wildman–Crippen LogP) is -0.539. The summed E-state index contributed by atoms with van der Waals surface area (Å²) in [6.45, 7) is 4.74. The smallest absolute Gasteiger partial charge is 0.388 e. The normalized spacial score (nSPS) is 35.5. The standard InChI is InChI=1S/C18H33ClN2O5S.H3O4P/c1-5-6-10-7-11(21(3)8-10)17(25)20-12(9(2)19)16-14(23)13(22)15(24)18(26-16)27-4;1-5(2,3)4/h9-16,18,22-24H,5-8H2,1-4H3,(H,20,25);(H3,1,2,3,4)/t9-,10-,11+,12-,13+,14-,15-,16?,18-;/m1./s1. The van der Waals surface area contributed by atoms with Gasteiger partial charge in [0, 0.05) is 6.54 Å². The maximum absolute atomic E-state index is 12.9. The molecule has 2 saturated heterocycles. The molecular weight excluding hydrogens is 487 g/mol. The number of thioether (sulfide) groups is 1. The summed E-state index contributed by atoms with van der Waals surface area (Å²) in [4.78, 5) is 36.5. The van der Waals surface area contributed by atoms with Crippen molar-refractivity contribution in [3.05, 3.63) is 0 Å². The first-order chi connectivity index (χ1) is 14.7. The van der Waals surface area contributed by atoms with Gasteiger partial charge in [0.05, 0.1) is 17.5 Å². The van der Waals surface area contributed by atoms with Gasteiger partial charge in [-0.15, -0.1) is 23.4 Å². The number of carbonyl (C=O) groups excluding carboxylic acids is 1. The third-order valence-electron chi connectivity index (χ3n) is 5.63. The molecule has 2 fully saturated rings. The van der Waals surface area contributed by atoms with Crippen LogP contribution in [0.15, 0.2) is 0 Å². The van der Waals surface area contributed by atoms with Crippen LogP contribution in [0.2, 0.25) is 0 Å². The molecule has 2 heterocycles. The first-order valence-electron chi connectivity index (χ1n) is 10.4. The number of rotatable bonds is 7.